The lowest BCUT2D eigenvalue weighted by atomic mass is 10.2. The fourth-order valence-electron chi connectivity index (χ4n) is 1.54. The van der Waals surface area contributed by atoms with Crippen LogP contribution < -0.4 is 0 Å². The van der Waals surface area contributed by atoms with E-state index in [4.69, 9.17) is 0 Å². The third-order valence-corrected chi connectivity index (χ3v) is 4.72. The van der Waals surface area contributed by atoms with Crippen molar-refractivity contribution in [3.63, 3.8) is 0 Å². The molecular formula is C14H10Br2INO. The molecule has 0 spiro atoms. The second-order valence-corrected chi connectivity index (χ2v) is 6.95. The van der Waals surface area contributed by atoms with Crippen molar-refractivity contribution < 1.29 is 5.11 Å². The monoisotopic (exact) mass is 493 g/mol. The van der Waals surface area contributed by atoms with Crippen LogP contribution in [-0.4, -0.2) is 11.3 Å². The number of hydrogen-bond acceptors (Lipinski definition) is 2. The quantitative estimate of drug-likeness (QED) is 0.429. The second kappa shape index (κ2) is 6.37. The van der Waals surface area contributed by atoms with Crippen molar-refractivity contribution in [1.29, 1.82) is 0 Å². The number of phenols is 1. The first kappa shape index (κ1) is 15.0. The SMILES string of the molecule is Cc1cc(N=Cc2cc(Br)cc(I)c2O)ccc1Br. The highest BCUT2D eigenvalue weighted by Crippen LogP contribution is 2.28. The Morgan fingerprint density at radius 3 is 2.63 bits per heavy atom. The van der Waals surface area contributed by atoms with Crippen LogP contribution in [0.5, 0.6) is 5.75 Å². The Bertz CT molecular complexity index is 656. The molecule has 2 nitrogen and oxygen atoms in total. The van der Waals surface area contributed by atoms with Crippen molar-refractivity contribution in [3.05, 3.63) is 54.0 Å². The van der Waals surface area contributed by atoms with Crippen LogP contribution >= 0.6 is 54.5 Å². The maximum atomic E-state index is 9.97. The second-order valence-electron chi connectivity index (χ2n) is 4.02. The Labute approximate surface area is 142 Å². The molecule has 0 atom stereocenters. The van der Waals surface area contributed by atoms with Crippen LogP contribution in [-0.2, 0) is 0 Å². The molecule has 2 aromatic carbocycles. The van der Waals surface area contributed by atoms with Gasteiger partial charge in [0.25, 0.3) is 0 Å². The Morgan fingerprint density at radius 2 is 1.95 bits per heavy atom. The summed E-state index contributed by atoms with van der Waals surface area (Å²) >= 11 is 8.96. The third kappa shape index (κ3) is 3.79. The van der Waals surface area contributed by atoms with E-state index in [1.165, 1.54) is 0 Å². The summed E-state index contributed by atoms with van der Waals surface area (Å²) < 4.78 is 2.77. The van der Waals surface area contributed by atoms with E-state index < -0.39 is 0 Å². The molecule has 0 aliphatic heterocycles. The van der Waals surface area contributed by atoms with E-state index in [-0.39, 0.29) is 5.75 Å². The number of benzene rings is 2. The maximum absolute atomic E-state index is 9.97. The Kier molecular flexibility index (Phi) is 5.03. The third-order valence-electron chi connectivity index (χ3n) is 2.55. The first-order chi connectivity index (χ1) is 8.97. The van der Waals surface area contributed by atoms with Gasteiger partial charge in [-0.05, 0) is 65.4 Å². The molecule has 0 heterocycles. The number of rotatable bonds is 2. The number of halogens is 3. The molecule has 0 unspecified atom stereocenters. The Balaban J connectivity index is 2.35. The summed E-state index contributed by atoms with van der Waals surface area (Å²) in [7, 11) is 0. The molecule has 98 valence electrons. The number of phenolic OH excluding ortho intramolecular Hbond substituents is 1. The average molecular weight is 495 g/mol. The molecule has 0 aliphatic rings. The minimum absolute atomic E-state index is 0.251. The van der Waals surface area contributed by atoms with E-state index in [0.29, 0.717) is 5.56 Å². The van der Waals surface area contributed by atoms with Gasteiger partial charge in [0, 0.05) is 20.7 Å². The van der Waals surface area contributed by atoms with Crippen LogP contribution in [0.1, 0.15) is 11.1 Å². The van der Waals surface area contributed by atoms with Gasteiger partial charge in [-0.3, -0.25) is 4.99 Å². The van der Waals surface area contributed by atoms with Gasteiger partial charge >= 0.3 is 0 Å². The van der Waals surface area contributed by atoms with E-state index in [2.05, 4.69) is 59.4 Å². The van der Waals surface area contributed by atoms with Crippen molar-refractivity contribution in [2.45, 2.75) is 6.92 Å². The van der Waals surface area contributed by atoms with Crippen LogP contribution in [0.4, 0.5) is 5.69 Å². The topological polar surface area (TPSA) is 32.6 Å². The maximum Gasteiger partial charge on any atom is 0.137 e. The molecule has 5 heteroatoms. The zero-order valence-corrected chi connectivity index (χ0v) is 15.3. The van der Waals surface area contributed by atoms with Crippen LogP contribution in [0.25, 0.3) is 0 Å². The summed E-state index contributed by atoms with van der Waals surface area (Å²) in [5, 5.41) is 9.97. The molecule has 0 saturated carbocycles. The van der Waals surface area contributed by atoms with Crippen molar-refractivity contribution in [2.75, 3.05) is 0 Å². The standard InChI is InChI=1S/C14H10Br2INO/c1-8-4-11(2-3-12(8)16)18-7-9-5-10(15)6-13(17)14(9)19/h2-7,19H,1H3. The van der Waals surface area contributed by atoms with Gasteiger partial charge < -0.3 is 5.11 Å². The highest BCUT2D eigenvalue weighted by atomic mass is 127. The van der Waals surface area contributed by atoms with Crippen molar-refractivity contribution in [3.8, 4) is 5.75 Å². The molecular weight excluding hydrogens is 485 g/mol. The minimum atomic E-state index is 0.251. The fourth-order valence-corrected chi connectivity index (χ4v) is 3.33. The zero-order chi connectivity index (χ0) is 14.0. The number of aliphatic imine (C=N–C) groups is 1. The molecule has 2 aromatic rings. The minimum Gasteiger partial charge on any atom is -0.506 e. The summed E-state index contributed by atoms with van der Waals surface area (Å²) in [6, 6.07) is 9.57. The van der Waals surface area contributed by atoms with Crippen LogP contribution in [0.3, 0.4) is 0 Å². The molecule has 0 fully saturated rings. The first-order valence-electron chi connectivity index (χ1n) is 5.45. The van der Waals surface area contributed by atoms with Gasteiger partial charge in [-0.25, -0.2) is 0 Å². The van der Waals surface area contributed by atoms with Gasteiger partial charge in [-0.2, -0.15) is 0 Å². The molecule has 0 bridgehead atoms. The molecule has 0 aromatic heterocycles. The highest BCUT2D eigenvalue weighted by molar-refractivity contribution is 14.1. The van der Waals surface area contributed by atoms with Gasteiger partial charge in [0.1, 0.15) is 5.75 Å². The number of aryl methyl sites for hydroxylation is 1. The van der Waals surface area contributed by atoms with Crippen LogP contribution in [0.15, 0.2) is 44.3 Å². The molecule has 0 aliphatic carbocycles. The lowest BCUT2D eigenvalue weighted by Crippen LogP contribution is -1.86. The smallest absolute Gasteiger partial charge is 0.137 e. The Hall–Kier alpha value is -0.400. The van der Waals surface area contributed by atoms with E-state index in [1.807, 2.05) is 37.3 Å². The van der Waals surface area contributed by atoms with Crippen molar-refractivity contribution >= 4 is 66.4 Å². The van der Waals surface area contributed by atoms with E-state index >= 15 is 0 Å². The molecule has 1 N–H and O–H groups in total. The Morgan fingerprint density at radius 1 is 1.21 bits per heavy atom. The highest BCUT2D eigenvalue weighted by Gasteiger charge is 2.05. The lowest BCUT2D eigenvalue weighted by molar-refractivity contribution is 0.470. The largest absolute Gasteiger partial charge is 0.506 e. The summed E-state index contributed by atoms with van der Waals surface area (Å²) in [6.07, 6.45) is 1.67. The normalized spacial score (nSPS) is 11.2. The fraction of sp³-hybridized carbons (Fsp3) is 0.0714. The number of aromatic hydroxyl groups is 1. The van der Waals surface area contributed by atoms with Gasteiger partial charge in [-0.15, -0.1) is 0 Å². The average Bonchev–Trinajstić information content (AvgIpc) is 2.36. The molecule has 0 radical (unpaired) electrons. The van der Waals surface area contributed by atoms with E-state index in [0.717, 1.165) is 23.8 Å². The van der Waals surface area contributed by atoms with Crippen molar-refractivity contribution in [1.82, 2.24) is 0 Å². The summed E-state index contributed by atoms with van der Waals surface area (Å²) in [5.41, 5.74) is 2.68. The summed E-state index contributed by atoms with van der Waals surface area (Å²) in [4.78, 5) is 4.39. The molecule has 0 amide bonds. The zero-order valence-electron chi connectivity index (χ0n) is 9.99. The molecule has 2 rings (SSSR count). The van der Waals surface area contributed by atoms with Gasteiger partial charge in [0.05, 0.1) is 9.26 Å². The number of nitrogens with zero attached hydrogens (tertiary/aromatic N) is 1. The predicted molar refractivity (Wildman–Crippen MR) is 94.7 cm³/mol. The predicted octanol–water partition coefficient (Wildman–Crippen LogP) is 5.58. The van der Waals surface area contributed by atoms with E-state index in [1.54, 1.807) is 6.21 Å². The first-order valence-corrected chi connectivity index (χ1v) is 8.12. The van der Waals surface area contributed by atoms with Crippen LogP contribution in [0.2, 0.25) is 0 Å². The lowest BCUT2D eigenvalue weighted by Gasteiger charge is -2.03. The van der Waals surface area contributed by atoms with Crippen molar-refractivity contribution in [2.24, 2.45) is 4.99 Å². The molecule has 0 saturated heterocycles. The number of hydrogen-bond donors (Lipinski definition) is 1. The van der Waals surface area contributed by atoms with Gasteiger partial charge in [-0.1, -0.05) is 31.9 Å². The van der Waals surface area contributed by atoms with Gasteiger partial charge in [0.15, 0.2) is 0 Å². The van der Waals surface area contributed by atoms with Crippen LogP contribution in [0, 0.1) is 10.5 Å². The summed E-state index contributed by atoms with van der Waals surface area (Å²) in [6.45, 7) is 2.02. The molecule has 19 heavy (non-hydrogen) atoms. The summed E-state index contributed by atoms with van der Waals surface area (Å²) in [5.74, 6) is 0.251. The van der Waals surface area contributed by atoms with Gasteiger partial charge in [0.2, 0.25) is 0 Å². The van der Waals surface area contributed by atoms with E-state index in [9.17, 15) is 5.11 Å².